The van der Waals surface area contributed by atoms with Crippen LogP contribution in [0.25, 0.3) is 22.2 Å². The second kappa shape index (κ2) is 5.09. The maximum absolute atomic E-state index is 5.97. The fourth-order valence-corrected chi connectivity index (χ4v) is 2.47. The van der Waals surface area contributed by atoms with Crippen LogP contribution < -0.4 is 5.73 Å². The van der Waals surface area contributed by atoms with E-state index in [2.05, 4.69) is 15.0 Å². The molecule has 0 unspecified atom stereocenters. The van der Waals surface area contributed by atoms with Crippen LogP contribution in [0, 0.1) is 6.92 Å². The predicted octanol–water partition coefficient (Wildman–Crippen LogP) is 3.30. The Labute approximate surface area is 121 Å². The minimum absolute atomic E-state index is 0.528. The lowest BCUT2D eigenvalue weighted by atomic mass is 10.1. The van der Waals surface area contributed by atoms with E-state index in [9.17, 15) is 0 Å². The average molecular weight is 282 g/mol. The molecule has 0 aliphatic heterocycles. The molecule has 1 aromatic carbocycles. The molecule has 0 saturated heterocycles. The number of pyridine rings is 1. The highest BCUT2D eigenvalue weighted by molar-refractivity contribution is 7.98. The Kier molecular flexibility index (Phi) is 3.28. The van der Waals surface area contributed by atoms with E-state index in [4.69, 9.17) is 5.73 Å². The Morgan fingerprint density at radius 1 is 1.15 bits per heavy atom. The molecule has 0 aliphatic rings. The molecule has 0 amide bonds. The maximum atomic E-state index is 5.97. The van der Waals surface area contributed by atoms with Gasteiger partial charge >= 0.3 is 0 Å². The van der Waals surface area contributed by atoms with Crippen molar-refractivity contribution in [1.82, 2.24) is 15.0 Å². The SMILES string of the molecule is CSc1nc(N)c(C)c(-c2ccc3cccnc3c2)n1. The van der Waals surface area contributed by atoms with Crippen molar-refractivity contribution in [3.63, 3.8) is 0 Å². The molecule has 4 nitrogen and oxygen atoms in total. The van der Waals surface area contributed by atoms with E-state index in [1.54, 1.807) is 6.20 Å². The van der Waals surface area contributed by atoms with Gasteiger partial charge in [-0.3, -0.25) is 4.98 Å². The van der Waals surface area contributed by atoms with Gasteiger partial charge in [-0.05, 0) is 25.3 Å². The molecular weight excluding hydrogens is 268 g/mol. The second-order valence-electron chi connectivity index (χ2n) is 4.48. The largest absolute Gasteiger partial charge is 0.383 e. The summed E-state index contributed by atoms with van der Waals surface area (Å²) in [5.74, 6) is 0.528. The van der Waals surface area contributed by atoms with E-state index >= 15 is 0 Å². The molecule has 5 heteroatoms. The Morgan fingerprint density at radius 2 is 2.00 bits per heavy atom. The van der Waals surface area contributed by atoms with Crippen LogP contribution in [0.1, 0.15) is 5.56 Å². The monoisotopic (exact) mass is 282 g/mol. The number of thioether (sulfide) groups is 1. The summed E-state index contributed by atoms with van der Waals surface area (Å²) in [4.78, 5) is 13.2. The Morgan fingerprint density at radius 3 is 2.80 bits per heavy atom. The van der Waals surface area contributed by atoms with Crippen molar-refractivity contribution in [2.75, 3.05) is 12.0 Å². The van der Waals surface area contributed by atoms with E-state index in [1.807, 2.05) is 43.5 Å². The van der Waals surface area contributed by atoms with Crippen LogP contribution in [0.3, 0.4) is 0 Å². The summed E-state index contributed by atoms with van der Waals surface area (Å²) in [5.41, 5.74) is 9.70. The fraction of sp³-hybridized carbons (Fsp3) is 0.133. The van der Waals surface area contributed by atoms with E-state index in [0.717, 1.165) is 27.7 Å². The molecule has 20 heavy (non-hydrogen) atoms. The van der Waals surface area contributed by atoms with Gasteiger partial charge < -0.3 is 5.73 Å². The zero-order valence-corrected chi connectivity index (χ0v) is 12.1. The van der Waals surface area contributed by atoms with Crippen LogP contribution >= 0.6 is 11.8 Å². The first-order valence-electron chi connectivity index (χ1n) is 6.22. The normalized spacial score (nSPS) is 10.9. The highest BCUT2D eigenvalue weighted by Gasteiger charge is 2.11. The van der Waals surface area contributed by atoms with Crippen molar-refractivity contribution >= 4 is 28.5 Å². The van der Waals surface area contributed by atoms with E-state index < -0.39 is 0 Å². The molecule has 2 N–H and O–H groups in total. The van der Waals surface area contributed by atoms with Gasteiger partial charge in [0.15, 0.2) is 5.16 Å². The van der Waals surface area contributed by atoms with Gasteiger partial charge in [0, 0.05) is 22.7 Å². The summed E-state index contributed by atoms with van der Waals surface area (Å²) in [7, 11) is 0. The van der Waals surface area contributed by atoms with Gasteiger partial charge in [-0.2, -0.15) is 0 Å². The number of rotatable bonds is 2. The number of nitrogens with zero attached hydrogens (tertiary/aromatic N) is 3. The third-order valence-corrected chi connectivity index (χ3v) is 3.77. The van der Waals surface area contributed by atoms with Gasteiger partial charge in [0.25, 0.3) is 0 Å². The molecule has 2 heterocycles. The number of anilines is 1. The zero-order valence-electron chi connectivity index (χ0n) is 11.3. The lowest BCUT2D eigenvalue weighted by Crippen LogP contribution is -2.01. The molecule has 0 radical (unpaired) electrons. The Bertz CT molecular complexity index is 786. The van der Waals surface area contributed by atoms with E-state index in [0.29, 0.717) is 11.0 Å². The minimum Gasteiger partial charge on any atom is -0.383 e. The van der Waals surface area contributed by atoms with Gasteiger partial charge in [0.05, 0.1) is 11.2 Å². The quantitative estimate of drug-likeness (QED) is 0.577. The van der Waals surface area contributed by atoms with E-state index in [1.165, 1.54) is 11.8 Å². The Balaban J connectivity index is 2.22. The molecule has 0 atom stereocenters. The molecule has 100 valence electrons. The molecule has 3 aromatic rings. The van der Waals surface area contributed by atoms with Crippen LogP contribution in [-0.2, 0) is 0 Å². The number of fused-ring (bicyclic) bond motifs is 1. The van der Waals surface area contributed by atoms with Gasteiger partial charge in [-0.15, -0.1) is 0 Å². The van der Waals surface area contributed by atoms with Crippen LogP contribution in [0.15, 0.2) is 41.7 Å². The summed E-state index contributed by atoms with van der Waals surface area (Å²) >= 11 is 1.49. The lowest BCUT2D eigenvalue weighted by Gasteiger charge is -2.09. The second-order valence-corrected chi connectivity index (χ2v) is 5.25. The van der Waals surface area contributed by atoms with Crippen molar-refractivity contribution in [2.45, 2.75) is 12.1 Å². The predicted molar refractivity (Wildman–Crippen MR) is 83.7 cm³/mol. The van der Waals surface area contributed by atoms with Crippen LogP contribution in [-0.4, -0.2) is 21.2 Å². The molecule has 0 saturated carbocycles. The lowest BCUT2D eigenvalue weighted by molar-refractivity contribution is 0.970. The first-order chi connectivity index (χ1) is 9.69. The van der Waals surface area contributed by atoms with Crippen LogP contribution in [0.4, 0.5) is 5.82 Å². The summed E-state index contributed by atoms with van der Waals surface area (Å²) in [6, 6.07) is 10.1. The average Bonchev–Trinajstić information content (AvgIpc) is 2.49. The molecular formula is C15H14N4S. The van der Waals surface area contributed by atoms with Crippen molar-refractivity contribution < 1.29 is 0 Å². The van der Waals surface area contributed by atoms with Gasteiger partial charge in [0.1, 0.15) is 5.82 Å². The molecule has 2 aromatic heterocycles. The first kappa shape index (κ1) is 12.9. The zero-order chi connectivity index (χ0) is 14.1. The maximum Gasteiger partial charge on any atom is 0.189 e. The summed E-state index contributed by atoms with van der Waals surface area (Å²) in [6.07, 6.45) is 3.73. The number of nitrogens with two attached hydrogens (primary N) is 1. The molecule has 0 fully saturated rings. The standard InChI is InChI=1S/C15H14N4S/c1-9-13(18-15(20-2)19-14(9)16)11-6-5-10-4-3-7-17-12(10)8-11/h3-8H,1-2H3,(H2,16,18,19). The number of hydrogen-bond donors (Lipinski definition) is 1. The number of benzene rings is 1. The van der Waals surface area contributed by atoms with Crippen LogP contribution in [0.2, 0.25) is 0 Å². The summed E-state index contributed by atoms with van der Waals surface area (Å²) in [5, 5.41) is 1.80. The number of aromatic nitrogens is 3. The Hall–Kier alpha value is -2.14. The van der Waals surface area contributed by atoms with Crippen molar-refractivity contribution in [1.29, 1.82) is 0 Å². The molecule has 0 spiro atoms. The molecule has 0 aliphatic carbocycles. The molecule has 0 bridgehead atoms. The third-order valence-electron chi connectivity index (χ3n) is 3.22. The van der Waals surface area contributed by atoms with Crippen molar-refractivity contribution in [3.05, 3.63) is 42.1 Å². The first-order valence-corrected chi connectivity index (χ1v) is 7.45. The van der Waals surface area contributed by atoms with Crippen molar-refractivity contribution in [2.24, 2.45) is 0 Å². The number of hydrogen-bond acceptors (Lipinski definition) is 5. The van der Waals surface area contributed by atoms with Gasteiger partial charge in [-0.1, -0.05) is 30.0 Å². The molecule has 3 rings (SSSR count). The minimum atomic E-state index is 0.528. The van der Waals surface area contributed by atoms with Crippen LogP contribution in [0.5, 0.6) is 0 Å². The third kappa shape index (κ3) is 2.20. The van der Waals surface area contributed by atoms with Crippen molar-refractivity contribution in [3.8, 4) is 11.3 Å². The highest BCUT2D eigenvalue weighted by Crippen LogP contribution is 2.28. The smallest absolute Gasteiger partial charge is 0.189 e. The van der Waals surface area contributed by atoms with Gasteiger partial charge in [0.2, 0.25) is 0 Å². The topological polar surface area (TPSA) is 64.7 Å². The fourth-order valence-electron chi connectivity index (χ4n) is 2.10. The van der Waals surface area contributed by atoms with E-state index in [-0.39, 0.29) is 0 Å². The summed E-state index contributed by atoms with van der Waals surface area (Å²) < 4.78 is 0. The van der Waals surface area contributed by atoms with Gasteiger partial charge in [-0.25, -0.2) is 9.97 Å². The number of nitrogen functional groups attached to an aromatic ring is 1. The highest BCUT2D eigenvalue weighted by atomic mass is 32.2. The summed E-state index contributed by atoms with van der Waals surface area (Å²) in [6.45, 7) is 1.94.